The Morgan fingerprint density at radius 1 is 0.974 bits per heavy atom. The van der Waals surface area contributed by atoms with E-state index in [1.54, 1.807) is 39.0 Å². The zero-order valence-electron chi connectivity index (χ0n) is 22.7. The van der Waals surface area contributed by atoms with Crippen LogP contribution in [-0.2, 0) is 33.3 Å². The maximum atomic E-state index is 13.0. The normalized spacial score (nSPS) is 56.0. The number of rotatable bonds is 0. The van der Waals surface area contributed by atoms with Gasteiger partial charge in [-0.05, 0) is 40.0 Å². The smallest absolute Gasteiger partial charge is 0.331 e. The van der Waals surface area contributed by atoms with Gasteiger partial charge in [-0.25, -0.2) is 9.59 Å². The van der Waals surface area contributed by atoms with Gasteiger partial charge in [-0.15, -0.1) is 0 Å². The van der Waals surface area contributed by atoms with E-state index in [2.05, 4.69) is 0 Å². The van der Waals surface area contributed by atoms with Crippen molar-refractivity contribution in [1.29, 1.82) is 0 Å². The van der Waals surface area contributed by atoms with E-state index in [0.717, 1.165) is 5.57 Å². The first-order valence-electron chi connectivity index (χ1n) is 13.8. The van der Waals surface area contributed by atoms with Crippen molar-refractivity contribution in [2.24, 2.45) is 16.7 Å². The van der Waals surface area contributed by atoms with Crippen LogP contribution in [0.2, 0.25) is 0 Å². The van der Waals surface area contributed by atoms with Gasteiger partial charge in [-0.2, -0.15) is 0 Å². The fourth-order valence-corrected chi connectivity index (χ4v) is 8.34. The lowest BCUT2D eigenvalue weighted by atomic mass is 9.40. The van der Waals surface area contributed by atoms with Crippen LogP contribution in [0.5, 0.6) is 0 Å². The first kappa shape index (κ1) is 27.1. The molecule has 8 bridgehead atoms. The number of allylic oxidation sites excluding steroid dienone is 2. The summed E-state index contributed by atoms with van der Waals surface area (Å²) >= 11 is 0. The third kappa shape index (κ3) is 3.75. The lowest BCUT2D eigenvalue weighted by Crippen LogP contribution is -2.80. The second-order valence-corrected chi connectivity index (χ2v) is 12.7. The topological polar surface area (TPSA) is 141 Å². The molecule has 4 heterocycles. The van der Waals surface area contributed by atoms with E-state index in [-0.39, 0.29) is 25.2 Å². The summed E-state index contributed by atoms with van der Waals surface area (Å²) in [5, 5.41) is 34.8. The van der Waals surface area contributed by atoms with Crippen LogP contribution in [0.4, 0.5) is 0 Å². The molecule has 0 aromatic rings. The van der Waals surface area contributed by atoms with E-state index < -0.39 is 70.6 Å². The Balaban J connectivity index is 1.41. The summed E-state index contributed by atoms with van der Waals surface area (Å²) in [5.41, 5.74) is -4.23. The molecule has 12 atom stereocenters. The Bertz CT molecular complexity index is 1140. The predicted molar refractivity (Wildman–Crippen MR) is 135 cm³/mol. The molecular formula is C29H38O10. The van der Waals surface area contributed by atoms with Gasteiger partial charge < -0.3 is 39.0 Å². The van der Waals surface area contributed by atoms with Gasteiger partial charge in [0.15, 0.2) is 6.29 Å². The highest BCUT2D eigenvalue weighted by molar-refractivity contribution is 5.83. The molecule has 0 aromatic carbocycles. The van der Waals surface area contributed by atoms with Crippen LogP contribution in [0.25, 0.3) is 0 Å². The highest BCUT2D eigenvalue weighted by atomic mass is 16.7. The number of esters is 2. The van der Waals surface area contributed by atoms with E-state index >= 15 is 0 Å². The van der Waals surface area contributed by atoms with E-state index in [1.165, 1.54) is 12.2 Å². The van der Waals surface area contributed by atoms with Gasteiger partial charge >= 0.3 is 11.9 Å². The van der Waals surface area contributed by atoms with Crippen molar-refractivity contribution in [1.82, 2.24) is 0 Å². The van der Waals surface area contributed by atoms with Crippen LogP contribution in [-0.4, -0.2) is 88.0 Å². The van der Waals surface area contributed by atoms with Crippen molar-refractivity contribution in [3.8, 4) is 0 Å². The van der Waals surface area contributed by atoms with Crippen LogP contribution in [0, 0.1) is 16.7 Å². The number of carbonyl (C=O) groups is 2. The van der Waals surface area contributed by atoms with Gasteiger partial charge in [0.05, 0.1) is 23.2 Å². The zero-order chi connectivity index (χ0) is 28.0. The monoisotopic (exact) mass is 546 g/mol. The van der Waals surface area contributed by atoms with E-state index in [0.29, 0.717) is 19.3 Å². The highest BCUT2D eigenvalue weighted by Gasteiger charge is 2.86. The highest BCUT2D eigenvalue weighted by Crippen LogP contribution is 2.74. The van der Waals surface area contributed by atoms with Crippen LogP contribution in [0.15, 0.2) is 36.0 Å². The second-order valence-electron chi connectivity index (χ2n) is 12.7. The average molecular weight is 547 g/mol. The third-order valence-corrected chi connectivity index (χ3v) is 10.6. The molecule has 0 unspecified atom stereocenters. The molecule has 1 spiro atoms. The Morgan fingerprint density at radius 2 is 1.74 bits per heavy atom. The van der Waals surface area contributed by atoms with E-state index in [1.807, 2.05) is 6.92 Å². The molecule has 214 valence electrons. The number of ether oxygens (including phenoxy) is 5. The van der Waals surface area contributed by atoms with Crippen molar-refractivity contribution in [3.05, 3.63) is 36.0 Å². The molecule has 0 amide bonds. The molecule has 4 aliphatic heterocycles. The third-order valence-electron chi connectivity index (χ3n) is 10.6. The maximum Gasteiger partial charge on any atom is 0.331 e. The largest absolute Gasteiger partial charge is 0.462 e. The number of carbonyl (C=O) groups excluding carboxylic acids is 2. The molecule has 3 saturated carbocycles. The van der Waals surface area contributed by atoms with E-state index in [4.69, 9.17) is 23.7 Å². The number of cyclic esters (lactones) is 1. The van der Waals surface area contributed by atoms with E-state index in [9.17, 15) is 24.9 Å². The van der Waals surface area contributed by atoms with Crippen molar-refractivity contribution in [3.63, 3.8) is 0 Å². The lowest BCUT2D eigenvalue weighted by Gasteiger charge is -2.71. The molecule has 3 saturated heterocycles. The Labute approximate surface area is 227 Å². The first-order chi connectivity index (χ1) is 18.3. The van der Waals surface area contributed by atoms with Gasteiger partial charge in [-0.1, -0.05) is 30.7 Å². The molecule has 39 heavy (non-hydrogen) atoms. The fraction of sp³-hybridized carbons (Fsp3) is 0.724. The minimum atomic E-state index is -1.62. The van der Waals surface area contributed by atoms with Gasteiger partial charge in [0, 0.05) is 29.9 Å². The summed E-state index contributed by atoms with van der Waals surface area (Å²) in [6.07, 6.45) is 3.79. The number of hydrogen-bond donors (Lipinski definition) is 3. The van der Waals surface area contributed by atoms with Crippen molar-refractivity contribution in [2.75, 3.05) is 6.61 Å². The lowest BCUT2D eigenvalue weighted by molar-refractivity contribution is -0.378. The summed E-state index contributed by atoms with van der Waals surface area (Å²) in [7, 11) is 0. The summed E-state index contributed by atoms with van der Waals surface area (Å²) in [6.45, 7) is 7.08. The van der Waals surface area contributed by atoms with Crippen LogP contribution in [0.1, 0.15) is 53.4 Å². The van der Waals surface area contributed by atoms with Crippen molar-refractivity contribution < 1.29 is 48.6 Å². The Morgan fingerprint density at radius 3 is 2.51 bits per heavy atom. The van der Waals surface area contributed by atoms with Gasteiger partial charge in [0.1, 0.15) is 36.6 Å². The standard InChI is InChI=1S/C29H38O10/c1-15-11-20(31)35-14-28-10-9-26(3,33)17-13-29(34)25(39-23(17)28)22(32)24(27(28,29)4)38-19(30)8-6-5-7-18-16(2)36-21(12-15)37-18/h5-8,11,16-18,21-25,32-34H,9-10,12-14H2,1-4H3/b7-5+,8-6-,15-11+/t16-,17-,18-,21+,22+,23+,24+,25+,26-,27+,28+,29+/m0/s1. The van der Waals surface area contributed by atoms with Crippen LogP contribution < -0.4 is 0 Å². The fourth-order valence-electron chi connectivity index (χ4n) is 8.34. The minimum Gasteiger partial charge on any atom is -0.462 e. The summed E-state index contributed by atoms with van der Waals surface area (Å²) < 4.78 is 29.9. The summed E-state index contributed by atoms with van der Waals surface area (Å²) in [5.74, 6) is -1.70. The summed E-state index contributed by atoms with van der Waals surface area (Å²) in [4.78, 5) is 26.0. The minimum absolute atomic E-state index is 0.132. The Kier molecular flexibility index (Phi) is 6.23. The number of aliphatic hydroxyl groups excluding tert-OH is 1. The summed E-state index contributed by atoms with van der Waals surface area (Å²) in [6, 6.07) is 0. The number of fused-ring (bicyclic) bond motifs is 2. The zero-order valence-corrected chi connectivity index (χ0v) is 22.7. The van der Waals surface area contributed by atoms with Crippen molar-refractivity contribution >= 4 is 11.9 Å². The number of aliphatic hydroxyl groups is 3. The second kappa shape index (κ2) is 8.96. The number of hydrogen-bond acceptors (Lipinski definition) is 10. The first-order valence-corrected chi connectivity index (χ1v) is 13.8. The van der Waals surface area contributed by atoms with Crippen LogP contribution >= 0.6 is 0 Å². The molecule has 0 radical (unpaired) electrons. The molecular weight excluding hydrogens is 508 g/mol. The van der Waals surface area contributed by atoms with Crippen molar-refractivity contribution in [2.45, 2.75) is 107 Å². The van der Waals surface area contributed by atoms with Gasteiger partial charge in [-0.3, -0.25) is 0 Å². The molecule has 0 aromatic heterocycles. The van der Waals surface area contributed by atoms with Gasteiger partial charge in [0.2, 0.25) is 0 Å². The van der Waals surface area contributed by atoms with Gasteiger partial charge in [0.25, 0.3) is 0 Å². The maximum absolute atomic E-state index is 13.0. The quantitative estimate of drug-likeness (QED) is 0.383. The molecule has 3 N–H and O–H groups in total. The molecule has 3 aliphatic carbocycles. The SMILES string of the molecule is C/C1=C\C(=O)OC[C@]23CC[C@](C)(O)[C@H]4C[C@@]5(O)[C@H](O[C@H]42)[C@H](O)[C@@H](OC(=O)/C=C\C=C\[C@@H]2O[C@H](C1)O[C@H]2C)[C@]35C. The van der Waals surface area contributed by atoms with Crippen LogP contribution in [0.3, 0.4) is 0 Å². The average Bonchev–Trinajstić information content (AvgIpc) is 3.25. The molecule has 10 nitrogen and oxygen atoms in total. The molecule has 6 fully saturated rings. The molecule has 7 rings (SSSR count). The molecule has 7 aliphatic rings. The predicted octanol–water partition coefficient (Wildman–Crippen LogP) is 1.46. The Hall–Kier alpha value is -2.08. The molecule has 10 heteroatoms.